The van der Waals surface area contributed by atoms with Gasteiger partial charge in [-0.3, -0.25) is 4.79 Å². The molecule has 0 amide bonds. The van der Waals surface area contributed by atoms with Crippen LogP contribution in [0, 0.1) is 9.49 Å². The van der Waals surface area contributed by atoms with Crippen LogP contribution in [0.4, 0.5) is 0 Å². The Labute approximate surface area is 137 Å². The standard InChI is InChI=1S/C13H16INO5S/c1-2-15(12-8-20-7-11(12)13(16)17)21(18,19)10-5-3-9(14)4-6-10/h3-6,11-12H,2,7-8H2,1H3,(H,16,17). The Morgan fingerprint density at radius 1 is 1.38 bits per heavy atom. The van der Waals surface area contributed by atoms with Crippen LogP contribution >= 0.6 is 22.6 Å². The summed E-state index contributed by atoms with van der Waals surface area (Å²) in [6, 6.07) is 5.82. The number of carboxylic acids is 1. The molecule has 6 nitrogen and oxygen atoms in total. The van der Waals surface area contributed by atoms with Gasteiger partial charge in [0.1, 0.15) is 0 Å². The Morgan fingerprint density at radius 2 is 2.00 bits per heavy atom. The van der Waals surface area contributed by atoms with Crippen LogP contribution in [0.25, 0.3) is 0 Å². The second-order valence-corrected chi connectivity index (χ2v) is 7.85. The SMILES string of the molecule is CCN(C1COCC1C(=O)O)S(=O)(=O)c1ccc(I)cc1. The third kappa shape index (κ3) is 3.38. The zero-order valence-corrected chi connectivity index (χ0v) is 14.4. The van der Waals surface area contributed by atoms with Gasteiger partial charge in [-0.15, -0.1) is 0 Å². The van der Waals surface area contributed by atoms with Crippen LogP contribution in [0.1, 0.15) is 6.92 Å². The highest BCUT2D eigenvalue weighted by Crippen LogP contribution is 2.26. The lowest BCUT2D eigenvalue weighted by Crippen LogP contribution is -2.46. The maximum atomic E-state index is 12.7. The number of sulfonamides is 1. The molecule has 1 aliphatic heterocycles. The number of halogens is 1. The first-order valence-corrected chi connectivity index (χ1v) is 8.97. The van der Waals surface area contributed by atoms with Crippen molar-refractivity contribution in [2.75, 3.05) is 19.8 Å². The molecule has 2 atom stereocenters. The predicted molar refractivity (Wildman–Crippen MR) is 84.5 cm³/mol. The van der Waals surface area contributed by atoms with E-state index < -0.39 is 28.0 Å². The number of hydrogen-bond acceptors (Lipinski definition) is 4. The molecule has 0 spiro atoms. The second-order valence-electron chi connectivity index (χ2n) is 4.71. The molecule has 1 fully saturated rings. The number of hydrogen-bond donors (Lipinski definition) is 1. The lowest BCUT2D eigenvalue weighted by molar-refractivity contribution is -0.142. The van der Waals surface area contributed by atoms with Gasteiger partial charge in [0.2, 0.25) is 10.0 Å². The van der Waals surface area contributed by atoms with Crippen molar-refractivity contribution in [1.82, 2.24) is 4.31 Å². The smallest absolute Gasteiger partial charge is 0.310 e. The van der Waals surface area contributed by atoms with Gasteiger partial charge in [-0.05, 0) is 46.9 Å². The van der Waals surface area contributed by atoms with Gasteiger partial charge in [-0.1, -0.05) is 6.92 Å². The van der Waals surface area contributed by atoms with Crippen molar-refractivity contribution in [3.8, 4) is 0 Å². The molecule has 8 heteroatoms. The number of ether oxygens (including phenoxy) is 1. The van der Waals surface area contributed by atoms with Crippen molar-refractivity contribution in [3.63, 3.8) is 0 Å². The highest BCUT2D eigenvalue weighted by Gasteiger charge is 2.42. The largest absolute Gasteiger partial charge is 0.481 e. The molecule has 0 aliphatic carbocycles. The van der Waals surface area contributed by atoms with Gasteiger partial charge in [-0.2, -0.15) is 4.31 Å². The molecule has 21 heavy (non-hydrogen) atoms. The summed E-state index contributed by atoms with van der Waals surface area (Å²) in [6.07, 6.45) is 0. The van der Waals surface area contributed by atoms with Crippen molar-refractivity contribution >= 4 is 38.6 Å². The lowest BCUT2D eigenvalue weighted by atomic mass is 10.0. The van der Waals surface area contributed by atoms with Gasteiger partial charge < -0.3 is 9.84 Å². The van der Waals surface area contributed by atoms with Gasteiger partial charge in [0.05, 0.1) is 30.1 Å². The molecule has 1 aromatic rings. The third-order valence-electron chi connectivity index (χ3n) is 3.47. The normalized spacial score (nSPS) is 22.6. The third-order valence-corrected chi connectivity index (χ3v) is 6.20. The van der Waals surface area contributed by atoms with Crippen LogP contribution in [0.3, 0.4) is 0 Å². The highest BCUT2D eigenvalue weighted by molar-refractivity contribution is 14.1. The Morgan fingerprint density at radius 3 is 2.52 bits per heavy atom. The van der Waals surface area contributed by atoms with Crippen LogP contribution in [-0.2, 0) is 19.6 Å². The van der Waals surface area contributed by atoms with Gasteiger partial charge in [0.15, 0.2) is 0 Å². The molecule has 0 bridgehead atoms. The van der Waals surface area contributed by atoms with E-state index in [9.17, 15) is 18.3 Å². The molecular formula is C13H16INO5S. The van der Waals surface area contributed by atoms with Gasteiger partial charge >= 0.3 is 5.97 Å². The van der Waals surface area contributed by atoms with Gasteiger partial charge in [0.25, 0.3) is 0 Å². The Balaban J connectivity index is 2.35. The van der Waals surface area contributed by atoms with Crippen molar-refractivity contribution < 1.29 is 23.1 Å². The zero-order chi connectivity index (χ0) is 15.6. The molecule has 2 unspecified atom stereocenters. The van der Waals surface area contributed by atoms with Crippen LogP contribution < -0.4 is 0 Å². The summed E-state index contributed by atoms with van der Waals surface area (Å²) in [6.45, 7) is 2.04. The van der Waals surface area contributed by atoms with Crippen molar-refractivity contribution in [3.05, 3.63) is 27.8 Å². The summed E-state index contributed by atoms with van der Waals surface area (Å²) in [4.78, 5) is 11.4. The molecule has 116 valence electrons. The quantitative estimate of drug-likeness (QED) is 0.722. The number of benzene rings is 1. The van der Waals surface area contributed by atoms with E-state index in [1.165, 1.54) is 16.4 Å². The van der Waals surface area contributed by atoms with Crippen LogP contribution in [0.15, 0.2) is 29.2 Å². The minimum atomic E-state index is -3.73. The zero-order valence-electron chi connectivity index (χ0n) is 11.4. The average molecular weight is 425 g/mol. The minimum Gasteiger partial charge on any atom is -0.481 e. The number of carbonyl (C=O) groups is 1. The van der Waals surface area contributed by atoms with Crippen molar-refractivity contribution in [2.24, 2.45) is 5.92 Å². The Kier molecular flexibility index (Phi) is 5.23. The molecular weight excluding hydrogens is 409 g/mol. The molecule has 0 radical (unpaired) electrons. The van der Waals surface area contributed by atoms with E-state index in [1.807, 2.05) is 0 Å². The Hall–Kier alpha value is -0.710. The summed E-state index contributed by atoms with van der Waals surface area (Å²) < 4.78 is 32.7. The molecule has 1 N–H and O–H groups in total. The summed E-state index contributed by atoms with van der Waals surface area (Å²) in [5.74, 6) is -1.86. The van der Waals surface area contributed by atoms with Crippen molar-refractivity contribution in [2.45, 2.75) is 17.9 Å². The molecule has 1 saturated heterocycles. The van der Waals surface area contributed by atoms with Crippen LogP contribution in [0.5, 0.6) is 0 Å². The van der Waals surface area contributed by atoms with E-state index in [0.717, 1.165) is 3.57 Å². The number of likely N-dealkylation sites (N-methyl/N-ethyl adjacent to an activating group) is 1. The fraction of sp³-hybridized carbons (Fsp3) is 0.462. The summed E-state index contributed by atoms with van der Waals surface area (Å²) in [5.41, 5.74) is 0. The fourth-order valence-electron chi connectivity index (χ4n) is 2.39. The Bertz CT molecular complexity index is 616. The van der Waals surface area contributed by atoms with E-state index >= 15 is 0 Å². The fourth-order valence-corrected chi connectivity index (χ4v) is 4.40. The minimum absolute atomic E-state index is 0.0404. The molecule has 1 heterocycles. The summed E-state index contributed by atoms with van der Waals surface area (Å²) in [5, 5.41) is 9.20. The van der Waals surface area contributed by atoms with Gasteiger partial charge in [0, 0.05) is 10.1 Å². The molecule has 0 saturated carbocycles. The summed E-state index contributed by atoms with van der Waals surface area (Å²) >= 11 is 2.10. The van der Waals surface area contributed by atoms with Crippen molar-refractivity contribution in [1.29, 1.82) is 0 Å². The van der Waals surface area contributed by atoms with Crippen LogP contribution in [-0.4, -0.2) is 49.6 Å². The monoisotopic (exact) mass is 425 g/mol. The highest BCUT2D eigenvalue weighted by atomic mass is 127. The maximum absolute atomic E-state index is 12.7. The first kappa shape index (κ1) is 16.7. The average Bonchev–Trinajstić information content (AvgIpc) is 2.89. The van der Waals surface area contributed by atoms with E-state index in [-0.39, 0.29) is 24.7 Å². The van der Waals surface area contributed by atoms with E-state index in [4.69, 9.17) is 4.74 Å². The van der Waals surface area contributed by atoms with Crippen LogP contribution in [0.2, 0.25) is 0 Å². The predicted octanol–water partition coefficient (Wildman–Crippen LogP) is 1.40. The maximum Gasteiger partial charge on any atom is 0.310 e. The number of aliphatic carboxylic acids is 1. The number of carboxylic acid groups (broad SMARTS) is 1. The van der Waals surface area contributed by atoms with Gasteiger partial charge in [-0.25, -0.2) is 8.42 Å². The molecule has 1 aromatic carbocycles. The second kappa shape index (κ2) is 6.59. The lowest BCUT2D eigenvalue weighted by Gasteiger charge is -2.28. The topological polar surface area (TPSA) is 83.9 Å². The number of nitrogens with zero attached hydrogens (tertiary/aromatic N) is 1. The molecule has 1 aliphatic rings. The molecule has 0 aromatic heterocycles. The first-order chi connectivity index (χ1) is 9.87. The number of rotatable bonds is 5. The van der Waals surface area contributed by atoms with E-state index in [2.05, 4.69) is 22.6 Å². The first-order valence-electron chi connectivity index (χ1n) is 6.46. The van der Waals surface area contributed by atoms with E-state index in [1.54, 1.807) is 19.1 Å². The summed E-state index contributed by atoms with van der Waals surface area (Å²) in [7, 11) is -3.73. The molecule has 2 rings (SSSR count). The van der Waals surface area contributed by atoms with E-state index in [0.29, 0.717) is 0 Å².